The van der Waals surface area contributed by atoms with Crippen molar-refractivity contribution < 1.29 is 9.59 Å². The second kappa shape index (κ2) is 5.07. The lowest BCUT2D eigenvalue weighted by atomic mass is 10.3. The molecule has 0 atom stereocenters. The molecule has 0 N–H and O–H groups in total. The SMILES string of the molecule is CCN(CC)CCN1C(=O)C=C(C)C1=O. The van der Waals surface area contributed by atoms with E-state index >= 15 is 0 Å². The minimum Gasteiger partial charge on any atom is -0.302 e. The molecule has 1 rings (SSSR count). The summed E-state index contributed by atoms with van der Waals surface area (Å²) in [4.78, 5) is 26.4. The maximum atomic E-state index is 11.5. The van der Waals surface area contributed by atoms with Gasteiger partial charge in [-0.15, -0.1) is 0 Å². The molecule has 0 radical (unpaired) electrons. The number of likely N-dealkylation sites (N-methyl/N-ethyl adjacent to an activating group) is 1. The third-order valence-electron chi connectivity index (χ3n) is 2.72. The van der Waals surface area contributed by atoms with Gasteiger partial charge in [0.2, 0.25) is 0 Å². The molecule has 0 aromatic heterocycles. The van der Waals surface area contributed by atoms with Gasteiger partial charge in [-0.2, -0.15) is 0 Å². The van der Waals surface area contributed by atoms with Crippen molar-refractivity contribution in [3.63, 3.8) is 0 Å². The molecular weight excluding hydrogens is 192 g/mol. The molecule has 4 heteroatoms. The quantitative estimate of drug-likeness (QED) is 0.625. The molecule has 2 amide bonds. The van der Waals surface area contributed by atoms with Gasteiger partial charge in [-0.25, -0.2) is 0 Å². The van der Waals surface area contributed by atoms with Crippen molar-refractivity contribution in [1.82, 2.24) is 9.80 Å². The van der Waals surface area contributed by atoms with Crippen LogP contribution in [0.1, 0.15) is 20.8 Å². The van der Waals surface area contributed by atoms with Gasteiger partial charge in [0.15, 0.2) is 0 Å². The Balaban J connectivity index is 2.47. The van der Waals surface area contributed by atoms with E-state index in [4.69, 9.17) is 0 Å². The predicted octanol–water partition coefficient (Wildman–Crippen LogP) is 0.643. The van der Waals surface area contributed by atoms with Gasteiger partial charge in [-0.3, -0.25) is 14.5 Å². The van der Waals surface area contributed by atoms with Crippen LogP contribution in [0.2, 0.25) is 0 Å². The molecule has 0 saturated carbocycles. The van der Waals surface area contributed by atoms with Crippen molar-refractivity contribution in [1.29, 1.82) is 0 Å². The lowest BCUT2D eigenvalue weighted by molar-refractivity contribution is -0.137. The van der Waals surface area contributed by atoms with Crippen LogP contribution in [0.4, 0.5) is 0 Å². The van der Waals surface area contributed by atoms with Crippen LogP contribution >= 0.6 is 0 Å². The number of hydrogen-bond donors (Lipinski definition) is 0. The first-order valence-corrected chi connectivity index (χ1v) is 5.36. The van der Waals surface area contributed by atoms with E-state index in [1.165, 1.54) is 11.0 Å². The maximum absolute atomic E-state index is 11.5. The lowest BCUT2D eigenvalue weighted by Gasteiger charge is -2.21. The van der Waals surface area contributed by atoms with Crippen LogP contribution in [0.25, 0.3) is 0 Å². The molecule has 4 nitrogen and oxygen atoms in total. The van der Waals surface area contributed by atoms with Crippen molar-refractivity contribution in [3.05, 3.63) is 11.6 Å². The summed E-state index contributed by atoms with van der Waals surface area (Å²) in [6.07, 6.45) is 1.41. The van der Waals surface area contributed by atoms with Crippen molar-refractivity contribution in [2.75, 3.05) is 26.2 Å². The van der Waals surface area contributed by atoms with Gasteiger partial charge in [0.25, 0.3) is 11.8 Å². The lowest BCUT2D eigenvalue weighted by Crippen LogP contribution is -2.38. The van der Waals surface area contributed by atoms with Crippen molar-refractivity contribution >= 4 is 11.8 Å². The van der Waals surface area contributed by atoms with Gasteiger partial charge < -0.3 is 4.90 Å². The number of carbonyl (C=O) groups is 2. The van der Waals surface area contributed by atoms with Gasteiger partial charge in [-0.1, -0.05) is 13.8 Å². The zero-order valence-corrected chi connectivity index (χ0v) is 9.62. The molecule has 0 aliphatic carbocycles. The van der Waals surface area contributed by atoms with E-state index in [1.54, 1.807) is 6.92 Å². The average Bonchev–Trinajstić information content (AvgIpc) is 2.45. The molecular formula is C11H18N2O2. The minimum absolute atomic E-state index is 0.146. The Bertz CT molecular complexity index is 293. The van der Waals surface area contributed by atoms with Crippen LogP contribution in [0.3, 0.4) is 0 Å². The van der Waals surface area contributed by atoms with E-state index in [-0.39, 0.29) is 11.8 Å². The standard InChI is InChI=1S/C11H18N2O2/c1-4-12(5-2)6-7-13-10(14)8-9(3)11(13)15/h8H,4-7H2,1-3H3. The fourth-order valence-electron chi connectivity index (χ4n) is 1.63. The molecule has 84 valence electrons. The van der Waals surface area contributed by atoms with Gasteiger partial charge in [0.05, 0.1) is 0 Å². The maximum Gasteiger partial charge on any atom is 0.256 e. The molecule has 0 aromatic carbocycles. The fourth-order valence-corrected chi connectivity index (χ4v) is 1.63. The highest BCUT2D eigenvalue weighted by molar-refractivity contribution is 6.15. The highest BCUT2D eigenvalue weighted by Crippen LogP contribution is 2.11. The number of rotatable bonds is 5. The first kappa shape index (κ1) is 11.9. The number of nitrogens with zero attached hydrogens (tertiary/aromatic N) is 2. The Morgan fingerprint density at radius 2 is 1.87 bits per heavy atom. The molecule has 0 fully saturated rings. The van der Waals surface area contributed by atoms with Crippen LogP contribution in [0.15, 0.2) is 11.6 Å². The van der Waals surface area contributed by atoms with E-state index in [2.05, 4.69) is 18.7 Å². The van der Waals surface area contributed by atoms with Gasteiger partial charge in [-0.05, 0) is 20.0 Å². The molecule has 0 unspecified atom stereocenters. The molecule has 0 saturated heterocycles. The van der Waals surface area contributed by atoms with Gasteiger partial charge in [0, 0.05) is 24.7 Å². The Labute approximate surface area is 90.5 Å². The molecule has 0 aromatic rings. The fraction of sp³-hybridized carbons (Fsp3) is 0.636. The third kappa shape index (κ3) is 2.65. The molecule has 0 spiro atoms. The van der Waals surface area contributed by atoms with Crippen LogP contribution < -0.4 is 0 Å². The summed E-state index contributed by atoms with van der Waals surface area (Å²) in [6.45, 7) is 8.95. The Morgan fingerprint density at radius 1 is 1.27 bits per heavy atom. The monoisotopic (exact) mass is 210 g/mol. The Kier molecular flexibility index (Phi) is 4.03. The molecule has 15 heavy (non-hydrogen) atoms. The first-order valence-electron chi connectivity index (χ1n) is 5.36. The topological polar surface area (TPSA) is 40.6 Å². The summed E-state index contributed by atoms with van der Waals surface area (Å²) in [5.74, 6) is -0.322. The largest absolute Gasteiger partial charge is 0.302 e. The summed E-state index contributed by atoms with van der Waals surface area (Å²) in [5, 5.41) is 0. The van der Waals surface area contributed by atoms with Gasteiger partial charge in [0.1, 0.15) is 0 Å². The highest BCUT2D eigenvalue weighted by Gasteiger charge is 2.27. The van der Waals surface area contributed by atoms with Crippen molar-refractivity contribution in [2.45, 2.75) is 20.8 Å². The summed E-state index contributed by atoms with van der Waals surface area (Å²) >= 11 is 0. The third-order valence-corrected chi connectivity index (χ3v) is 2.72. The molecule has 1 heterocycles. The number of amides is 2. The van der Waals surface area contributed by atoms with E-state index in [0.29, 0.717) is 12.1 Å². The van der Waals surface area contributed by atoms with Gasteiger partial charge >= 0.3 is 0 Å². The van der Waals surface area contributed by atoms with Crippen LogP contribution in [-0.2, 0) is 9.59 Å². The molecule has 0 bridgehead atoms. The van der Waals surface area contributed by atoms with Crippen LogP contribution in [0, 0.1) is 0 Å². The van der Waals surface area contributed by atoms with Crippen molar-refractivity contribution in [3.8, 4) is 0 Å². The second-order valence-electron chi connectivity index (χ2n) is 3.65. The first-order chi connectivity index (χ1) is 7.10. The molecule has 1 aliphatic rings. The number of imide groups is 1. The Hall–Kier alpha value is -1.16. The predicted molar refractivity (Wildman–Crippen MR) is 58.3 cm³/mol. The van der Waals surface area contributed by atoms with Crippen LogP contribution in [-0.4, -0.2) is 47.8 Å². The summed E-state index contributed by atoms with van der Waals surface area (Å²) in [7, 11) is 0. The summed E-state index contributed by atoms with van der Waals surface area (Å²) in [5.41, 5.74) is 0.541. The minimum atomic E-state index is -0.176. The van der Waals surface area contributed by atoms with Crippen molar-refractivity contribution in [2.24, 2.45) is 0 Å². The van der Waals surface area contributed by atoms with E-state index in [9.17, 15) is 9.59 Å². The highest BCUT2D eigenvalue weighted by atomic mass is 16.2. The summed E-state index contributed by atoms with van der Waals surface area (Å²) < 4.78 is 0. The number of carbonyl (C=O) groups excluding carboxylic acids is 2. The van der Waals surface area contributed by atoms with E-state index < -0.39 is 0 Å². The smallest absolute Gasteiger partial charge is 0.256 e. The normalized spacial score (nSPS) is 16.5. The number of hydrogen-bond acceptors (Lipinski definition) is 3. The zero-order chi connectivity index (χ0) is 11.4. The second-order valence-corrected chi connectivity index (χ2v) is 3.65. The van der Waals surface area contributed by atoms with Crippen LogP contribution in [0.5, 0.6) is 0 Å². The van der Waals surface area contributed by atoms with E-state index in [1.807, 2.05) is 0 Å². The summed E-state index contributed by atoms with van der Waals surface area (Å²) in [6, 6.07) is 0. The zero-order valence-electron chi connectivity index (χ0n) is 9.62. The average molecular weight is 210 g/mol. The van der Waals surface area contributed by atoms with E-state index in [0.717, 1.165) is 19.6 Å². The Morgan fingerprint density at radius 3 is 2.27 bits per heavy atom. The molecule has 1 aliphatic heterocycles.